The zero-order valence-corrected chi connectivity index (χ0v) is 17.4. The molecule has 1 fully saturated rings. The summed E-state index contributed by atoms with van der Waals surface area (Å²) in [5, 5.41) is 11.7. The number of nitrogens with one attached hydrogen (secondary N) is 1. The van der Waals surface area contributed by atoms with Crippen LogP contribution in [0.5, 0.6) is 0 Å². The summed E-state index contributed by atoms with van der Waals surface area (Å²) >= 11 is 0. The number of amides is 2. The number of aliphatic carboxylic acids is 1. The van der Waals surface area contributed by atoms with Gasteiger partial charge in [-0.3, -0.25) is 9.59 Å². The molecule has 2 aromatic carbocycles. The number of ether oxygens (including phenoxy) is 1. The Kier molecular flexibility index (Phi) is 5.93. The third-order valence-electron chi connectivity index (χ3n) is 6.00. The van der Waals surface area contributed by atoms with Crippen LogP contribution in [0, 0.1) is 5.92 Å². The average Bonchev–Trinajstić information content (AvgIpc) is 3.56. The van der Waals surface area contributed by atoms with Gasteiger partial charge in [-0.05, 0) is 47.9 Å². The quantitative estimate of drug-likeness (QED) is 0.681. The Morgan fingerprint density at radius 3 is 2.16 bits per heavy atom. The molecule has 1 unspecified atom stereocenters. The molecular weight excluding hydrogens is 396 g/mol. The number of carboxylic acid groups (broad SMARTS) is 1. The molecule has 4 rings (SSSR count). The van der Waals surface area contributed by atoms with Crippen LogP contribution < -0.4 is 5.32 Å². The van der Waals surface area contributed by atoms with E-state index in [0.717, 1.165) is 35.1 Å². The minimum Gasteiger partial charge on any atom is -0.480 e. The zero-order chi connectivity index (χ0) is 22.0. The fourth-order valence-corrected chi connectivity index (χ4v) is 4.28. The third kappa shape index (κ3) is 4.40. The summed E-state index contributed by atoms with van der Waals surface area (Å²) in [5.41, 5.74) is 4.52. The molecule has 2 N–H and O–H groups in total. The monoisotopic (exact) mass is 422 g/mol. The SMILES string of the molecule is CCN(CC(=O)O)C(=O)C(NC(=O)OCC1c2ccccc2-c2ccccc21)C1CC1. The first kappa shape index (κ1) is 20.9. The van der Waals surface area contributed by atoms with E-state index in [9.17, 15) is 14.4 Å². The largest absolute Gasteiger partial charge is 0.480 e. The fraction of sp³-hybridized carbons (Fsp3) is 0.375. The number of fused-ring (bicyclic) bond motifs is 3. The second-order valence-corrected chi connectivity index (χ2v) is 8.03. The van der Waals surface area contributed by atoms with Crippen LogP contribution in [0.15, 0.2) is 48.5 Å². The van der Waals surface area contributed by atoms with Crippen LogP contribution in [0.3, 0.4) is 0 Å². The number of benzene rings is 2. The molecule has 0 bridgehead atoms. The lowest BCUT2D eigenvalue weighted by Crippen LogP contribution is -2.51. The summed E-state index contributed by atoms with van der Waals surface area (Å²) in [6.07, 6.45) is 0.994. The van der Waals surface area contributed by atoms with Gasteiger partial charge in [0.2, 0.25) is 5.91 Å². The van der Waals surface area contributed by atoms with E-state index in [1.807, 2.05) is 36.4 Å². The van der Waals surface area contributed by atoms with Gasteiger partial charge in [0, 0.05) is 12.5 Å². The van der Waals surface area contributed by atoms with Crippen LogP contribution in [0.1, 0.15) is 36.8 Å². The van der Waals surface area contributed by atoms with Crippen molar-refractivity contribution in [2.75, 3.05) is 19.7 Å². The van der Waals surface area contributed by atoms with E-state index in [4.69, 9.17) is 9.84 Å². The molecule has 0 saturated heterocycles. The molecule has 0 aliphatic heterocycles. The molecule has 7 nitrogen and oxygen atoms in total. The van der Waals surface area contributed by atoms with E-state index in [2.05, 4.69) is 17.4 Å². The van der Waals surface area contributed by atoms with Gasteiger partial charge >= 0.3 is 12.1 Å². The summed E-state index contributed by atoms with van der Waals surface area (Å²) < 4.78 is 5.56. The van der Waals surface area contributed by atoms with Gasteiger partial charge in [-0.25, -0.2) is 4.79 Å². The average molecular weight is 422 g/mol. The van der Waals surface area contributed by atoms with Crippen molar-refractivity contribution in [3.63, 3.8) is 0 Å². The highest BCUT2D eigenvalue weighted by Crippen LogP contribution is 2.44. The van der Waals surface area contributed by atoms with Crippen LogP contribution in [-0.4, -0.2) is 53.7 Å². The van der Waals surface area contributed by atoms with Crippen molar-refractivity contribution < 1.29 is 24.2 Å². The van der Waals surface area contributed by atoms with Crippen LogP contribution in [0.2, 0.25) is 0 Å². The fourth-order valence-electron chi connectivity index (χ4n) is 4.28. The van der Waals surface area contributed by atoms with Crippen molar-refractivity contribution in [3.8, 4) is 11.1 Å². The molecular formula is C24H26N2O5. The number of carbonyl (C=O) groups excluding carboxylic acids is 2. The van der Waals surface area contributed by atoms with Crippen molar-refractivity contribution in [1.29, 1.82) is 0 Å². The molecule has 7 heteroatoms. The Balaban J connectivity index is 1.43. The summed E-state index contributed by atoms with van der Waals surface area (Å²) in [5.74, 6) is -1.49. The standard InChI is InChI=1S/C24H26N2O5/c1-2-26(13-21(27)28)23(29)22(15-11-12-15)25-24(30)31-14-20-18-9-5-3-7-16(18)17-8-4-6-10-19(17)20/h3-10,15,20,22H,2,11-14H2,1H3,(H,25,30)(H,27,28). The van der Waals surface area contributed by atoms with Crippen molar-refractivity contribution in [3.05, 3.63) is 59.7 Å². The van der Waals surface area contributed by atoms with Crippen LogP contribution in [0.4, 0.5) is 4.79 Å². The summed E-state index contributed by atoms with van der Waals surface area (Å²) in [4.78, 5) is 37.7. The van der Waals surface area contributed by atoms with Crippen molar-refractivity contribution in [1.82, 2.24) is 10.2 Å². The van der Waals surface area contributed by atoms with E-state index in [1.54, 1.807) is 6.92 Å². The predicted molar refractivity (Wildman–Crippen MR) is 115 cm³/mol. The van der Waals surface area contributed by atoms with Gasteiger partial charge in [-0.1, -0.05) is 48.5 Å². The maximum absolute atomic E-state index is 12.8. The number of alkyl carbamates (subject to hydrolysis) is 1. The van der Waals surface area contributed by atoms with E-state index in [1.165, 1.54) is 4.90 Å². The second kappa shape index (κ2) is 8.79. The number of hydrogen-bond donors (Lipinski definition) is 2. The van der Waals surface area contributed by atoms with Gasteiger partial charge in [0.1, 0.15) is 19.2 Å². The van der Waals surface area contributed by atoms with E-state index < -0.39 is 18.1 Å². The highest BCUT2D eigenvalue weighted by Gasteiger charge is 2.40. The topological polar surface area (TPSA) is 95.9 Å². The molecule has 2 aliphatic carbocycles. The van der Waals surface area contributed by atoms with Crippen LogP contribution in [0.25, 0.3) is 11.1 Å². The number of hydrogen-bond acceptors (Lipinski definition) is 4. The van der Waals surface area contributed by atoms with E-state index >= 15 is 0 Å². The third-order valence-corrected chi connectivity index (χ3v) is 6.00. The molecule has 2 amide bonds. The van der Waals surface area contributed by atoms with Crippen molar-refractivity contribution in [2.24, 2.45) is 5.92 Å². The number of nitrogens with zero attached hydrogens (tertiary/aromatic N) is 1. The lowest BCUT2D eigenvalue weighted by Gasteiger charge is -2.25. The summed E-state index contributed by atoms with van der Waals surface area (Å²) in [6, 6.07) is 15.4. The number of rotatable bonds is 8. The van der Waals surface area contributed by atoms with Gasteiger partial charge in [-0.15, -0.1) is 0 Å². The first-order valence-electron chi connectivity index (χ1n) is 10.6. The number of carboxylic acids is 1. The molecule has 0 aromatic heterocycles. The normalized spacial score (nSPS) is 15.5. The first-order chi connectivity index (χ1) is 15.0. The van der Waals surface area contributed by atoms with Crippen LogP contribution in [-0.2, 0) is 14.3 Å². The molecule has 2 aliphatic rings. The Morgan fingerprint density at radius 1 is 1.06 bits per heavy atom. The molecule has 0 radical (unpaired) electrons. The Labute approximate surface area is 181 Å². The molecule has 0 spiro atoms. The van der Waals surface area contributed by atoms with Gasteiger partial charge in [-0.2, -0.15) is 0 Å². The predicted octanol–water partition coefficient (Wildman–Crippen LogP) is 3.24. The molecule has 1 atom stereocenters. The Bertz CT molecular complexity index is 955. The summed E-state index contributed by atoms with van der Waals surface area (Å²) in [7, 11) is 0. The lowest BCUT2D eigenvalue weighted by molar-refractivity contribution is -0.145. The lowest BCUT2D eigenvalue weighted by atomic mass is 9.98. The number of likely N-dealkylation sites (N-methyl/N-ethyl adjacent to an activating group) is 1. The first-order valence-corrected chi connectivity index (χ1v) is 10.6. The molecule has 162 valence electrons. The minimum atomic E-state index is -1.08. The van der Waals surface area contributed by atoms with Gasteiger partial charge in [0.05, 0.1) is 0 Å². The van der Waals surface area contributed by atoms with Gasteiger partial charge in [0.15, 0.2) is 0 Å². The second-order valence-electron chi connectivity index (χ2n) is 8.03. The highest BCUT2D eigenvalue weighted by molar-refractivity contribution is 5.88. The van der Waals surface area contributed by atoms with Gasteiger partial charge in [0.25, 0.3) is 0 Å². The Hall–Kier alpha value is -3.35. The maximum Gasteiger partial charge on any atom is 0.407 e. The maximum atomic E-state index is 12.8. The molecule has 31 heavy (non-hydrogen) atoms. The van der Waals surface area contributed by atoms with E-state index in [0.29, 0.717) is 0 Å². The summed E-state index contributed by atoms with van der Waals surface area (Å²) in [6.45, 7) is 1.77. The molecule has 1 saturated carbocycles. The highest BCUT2D eigenvalue weighted by atomic mass is 16.5. The minimum absolute atomic E-state index is 0.0239. The van der Waals surface area contributed by atoms with Crippen molar-refractivity contribution in [2.45, 2.75) is 31.7 Å². The molecule has 0 heterocycles. The zero-order valence-electron chi connectivity index (χ0n) is 17.4. The molecule has 2 aromatic rings. The van der Waals surface area contributed by atoms with Crippen LogP contribution >= 0.6 is 0 Å². The van der Waals surface area contributed by atoms with Gasteiger partial charge < -0.3 is 20.1 Å². The smallest absolute Gasteiger partial charge is 0.407 e. The van der Waals surface area contributed by atoms with E-state index in [-0.39, 0.29) is 37.4 Å². The van der Waals surface area contributed by atoms with Crippen molar-refractivity contribution >= 4 is 18.0 Å². The Morgan fingerprint density at radius 2 is 1.65 bits per heavy atom. The number of carbonyl (C=O) groups is 3.